The summed E-state index contributed by atoms with van der Waals surface area (Å²) >= 11 is 18.0. The van der Waals surface area contributed by atoms with E-state index >= 15 is 0 Å². The number of rotatable bonds is 5. The van der Waals surface area contributed by atoms with Gasteiger partial charge in [0, 0.05) is 21.2 Å². The van der Waals surface area contributed by atoms with Crippen LogP contribution in [0.4, 0.5) is 0 Å². The first kappa shape index (κ1) is 28.7. The summed E-state index contributed by atoms with van der Waals surface area (Å²) in [5.41, 5.74) is 5.62. The summed E-state index contributed by atoms with van der Waals surface area (Å²) in [5, 5.41) is 9.95. The van der Waals surface area contributed by atoms with Crippen molar-refractivity contribution in [2.75, 3.05) is 13.7 Å². The van der Waals surface area contributed by atoms with Gasteiger partial charge < -0.3 is 14.6 Å². The number of aliphatic carboxylic acids is 1. The van der Waals surface area contributed by atoms with E-state index in [0.29, 0.717) is 21.7 Å². The highest BCUT2D eigenvalue weighted by Crippen LogP contribution is 2.51. The average molecular weight is 568 g/mol. The van der Waals surface area contributed by atoms with Crippen LogP contribution in [0.2, 0.25) is 34.7 Å². The molecule has 2 saturated carbocycles. The quantitative estimate of drug-likeness (QED) is 0.291. The van der Waals surface area contributed by atoms with Crippen molar-refractivity contribution in [1.29, 1.82) is 0 Å². The van der Waals surface area contributed by atoms with Crippen molar-refractivity contribution in [3.63, 3.8) is 0 Å². The second-order valence-electron chi connectivity index (χ2n) is 10.5. The molecule has 0 aliphatic heterocycles. The maximum absolute atomic E-state index is 10.2. The summed E-state index contributed by atoms with van der Waals surface area (Å²) in [6.45, 7) is 6.35. The third-order valence-corrected chi connectivity index (χ3v) is 8.15. The first-order chi connectivity index (χ1) is 16.9. The molecule has 4 nitrogen and oxygen atoms in total. The van der Waals surface area contributed by atoms with E-state index in [0.717, 1.165) is 28.2 Å². The molecule has 2 atom stereocenters. The predicted molar refractivity (Wildman–Crippen MR) is 151 cm³/mol. The van der Waals surface area contributed by atoms with E-state index in [9.17, 15) is 4.79 Å². The van der Waals surface area contributed by atoms with Gasteiger partial charge in [0.25, 0.3) is 0 Å². The highest BCUT2D eigenvalue weighted by molar-refractivity contribution is 6.83. The van der Waals surface area contributed by atoms with Crippen LogP contribution >= 0.6 is 34.8 Å². The van der Waals surface area contributed by atoms with E-state index < -0.39 is 20.7 Å². The Morgan fingerprint density at radius 3 is 2.22 bits per heavy atom. The van der Waals surface area contributed by atoms with Gasteiger partial charge in [0.2, 0.25) is 0 Å². The van der Waals surface area contributed by atoms with Gasteiger partial charge in [-0.2, -0.15) is 0 Å². The molecule has 0 aromatic heterocycles. The molecule has 2 aliphatic carbocycles. The molecule has 194 valence electrons. The first-order valence-electron chi connectivity index (χ1n) is 12.2. The molecule has 36 heavy (non-hydrogen) atoms. The Morgan fingerprint density at radius 2 is 1.67 bits per heavy atom. The molecule has 2 bridgehead atoms. The van der Waals surface area contributed by atoms with Gasteiger partial charge >= 0.3 is 5.97 Å². The van der Waals surface area contributed by atoms with Crippen molar-refractivity contribution >= 4 is 48.8 Å². The van der Waals surface area contributed by atoms with Crippen LogP contribution in [0.3, 0.4) is 0 Å². The van der Waals surface area contributed by atoms with Gasteiger partial charge in [-0.15, -0.1) is 5.54 Å². The SMILES string of the molecule is COc1cc(C#C[Si](C)(C)C)cc(Cl)c1C1CC2CCC(C2)C1.O=C(O)COc1ccc(Cl)cc1Cl. The minimum absolute atomic E-state index is 0.300. The fourth-order valence-electron chi connectivity index (χ4n) is 4.96. The molecular formula is C28H33Cl3O4Si. The maximum Gasteiger partial charge on any atom is 0.341 e. The van der Waals surface area contributed by atoms with Crippen LogP contribution < -0.4 is 9.47 Å². The van der Waals surface area contributed by atoms with Gasteiger partial charge in [-0.05, 0) is 67.3 Å². The van der Waals surface area contributed by atoms with Crippen LogP contribution in [-0.4, -0.2) is 32.9 Å². The molecule has 0 radical (unpaired) electrons. The van der Waals surface area contributed by atoms with E-state index in [1.165, 1.54) is 49.8 Å². The summed E-state index contributed by atoms with van der Waals surface area (Å²) in [7, 11) is 0.366. The number of carboxylic acids is 1. The zero-order chi connectivity index (χ0) is 26.5. The van der Waals surface area contributed by atoms with Crippen molar-refractivity contribution in [3.05, 3.63) is 56.5 Å². The number of methoxy groups -OCH3 is 1. The summed E-state index contributed by atoms with van der Waals surface area (Å²) in [5.74, 6) is 5.85. The number of hydrogen-bond acceptors (Lipinski definition) is 3. The first-order valence-corrected chi connectivity index (χ1v) is 16.8. The number of benzene rings is 2. The lowest BCUT2D eigenvalue weighted by Gasteiger charge is -2.29. The summed E-state index contributed by atoms with van der Waals surface area (Å²) in [6, 6.07) is 8.71. The van der Waals surface area contributed by atoms with Gasteiger partial charge in [-0.1, -0.05) is 73.2 Å². The van der Waals surface area contributed by atoms with Crippen molar-refractivity contribution < 1.29 is 19.4 Å². The molecule has 2 unspecified atom stereocenters. The Bertz CT molecular complexity index is 1140. The Morgan fingerprint density at radius 1 is 1.00 bits per heavy atom. The Balaban J connectivity index is 0.000000236. The van der Waals surface area contributed by atoms with Gasteiger partial charge in [-0.25, -0.2) is 4.79 Å². The summed E-state index contributed by atoms with van der Waals surface area (Å²) in [4.78, 5) is 10.2. The second-order valence-corrected chi connectivity index (χ2v) is 16.5. The summed E-state index contributed by atoms with van der Waals surface area (Å²) < 4.78 is 10.6. The molecule has 0 amide bonds. The molecule has 0 heterocycles. The van der Waals surface area contributed by atoms with E-state index in [4.69, 9.17) is 49.4 Å². The van der Waals surface area contributed by atoms with Crippen molar-refractivity contribution in [1.82, 2.24) is 0 Å². The third kappa shape index (κ3) is 8.35. The largest absolute Gasteiger partial charge is 0.496 e. The monoisotopic (exact) mass is 566 g/mol. The lowest BCUT2D eigenvalue weighted by atomic mass is 9.77. The van der Waals surface area contributed by atoms with Gasteiger partial charge in [0.1, 0.15) is 19.6 Å². The van der Waals surface area contributed by atoms with Crippen LogP contribution in [0.5, 0.6) is 11.5 Å². The Hall–Kier alpha value is -1.84. The standard InChI is InChI=1S/C20H27ClOSi.C8H6Cl2O3/c1-22-19-13-16(7-8-23(2,3)4)12-18(21)20(19)17-10-14-5-6-15(9-14)11-17;9-5-1-2-7(6(10)3-5)13-4-8(11)12/h12-15,17H,5-6,9-11H2,1-4H3;1-3H,4H2,(H,11,12). The smallest absolute Gasteiger partial charge is 0.341 e. The van der Waals surface area contributed by atoms with E-state index in [2.05, 4.69) is 37.2 Å². The van der Waals surface area contributed by atoms with E-state index in [-0.39, 0.29) is 0 Å². The zero-order valence-electron chi connectivity index (χ0n) is 21.2. The lowest BCUT2D eigenvalue weighted by molar-refractivity contribution is -0.139. The minimum Gasteiger partial charge on any atom is -0.496 e. The minimum atomic E-state index is -1.39. The second kappa shape index (κ2) is 12.6. The van der Waals surface area contributed by atoms with Crippen LogP contribution in [0, 0.1) is 23.3 Å². The number of fused-ring (bicyclic) bond motifs is 2. The molecule has 0 spiro atoms. The highest BCUT2D eigenvalue weighted by Gasteiger charge is 2.36. The number of hydrogen-bond donors (Lipinski definition) is 1. The van der Waals surface area contributed by atoms with Gasteiger partial charge in [-0.3, -0.25) is 0 Å². The number of carbonyl (C=O) groups is 1. The summed E-state index contributed by atoms with van der Waals surface area (Å²) in [6.07, 6.45) is 6.77. The fraction of sp³-hybridized carbons (Fsp3) is 0.464. The molecule has 2 aromatic carbocycles. The van der Waals surface area contributed by atoms with Crippen LogP contribution in [0.25, 0.3) is 0 Å². The molecule has 2 aromatic rings. The van der Waals surface area contributed by atoms with Crippen LogP contribution in [0.15, 0.2) is 30.3 Å². The number of carboxylic acid groups (broad SMARTS) is 1. The third-order valence-electron chi connectivity index (χ3n) is 6.43. The van der Waals surface area contributed by atoms with Gasteiger partial charge in [0.05, 0.1) is 12.1 Å². The molecule has 8 heteroatoms. The molecule has 2 aliphatic rings. The van der Waals surface area contributed by atoms with Crippen molar-refractivity contribution in [3.8, 4) is 23.0 Å². The average Bonchev–Trinajstić information content (AvgIpc) is 3.14. The number of halogens is 3. The lowest BCUT2D eigenvalue weighted by Crippen LogP contribution is -2.16. The van der Waals surface area contributed by atoms with Crippen molar-refractivity contribution in [2.24, 2.45) is 11.8 Å². The van der Waals surface area contributed by atoms with Crippen LogP contribution in [0.1, 0.15) is 49.1 Å². The molecule has 4 rings (SSSR count). The normalized spacial score (nSPS) is 20.5. The maximum atomic E-state index is 10.2. The Labute approximate surface area is 230 Å². The Kier molecular flexibility index (Phi) is 10.1. The highest BCUT2D eigenvalue weighted by atomic mass is 35.5. The molecule has 2 fully saturated rings. The van der Waals surface area contributed by atoms with Gasteiger partial charge in [0.15, 0.2) is 6.61 Å². The van der Waals surface area contributed by atoms with E-state index in [1.54, 1.807) is 13.2 Å². The molecular weight excluding hydrogens is 535 g/mol. The van der Waals surface area contributed by atoms with E-state index in [1.807, 2.05) is 6.07 Å². The van der Waals surface area contributed by atoms with Crippen molar-refractivity contribution in [2.45, 2.75) is 57.7 Å². The fourth-order valence-corrected chi connectivity index (χ4v) is 6.31. The topological polar surface area (TPSA) is 55.8 Å². The van der Waals surface area contributed by atoms with Crippen LogP contribution in [-0.2, 0) is 4.79 Å². The molecule has 0 saturated heterocycles. The molecule has 1 N–H and O–H groups in total. The number of ether oxygens (including phenoxy) is 2. The zero-order valence-corrected chi connectivity index (χ0v) is 24.4. The predicted octanol–water partition coefficient (Wildman–Crippen LogP) is 8.33.